The van der Waals surface area contributed by atoms with Gasteiger partial charge in [0.2, 0.25) is 0 Å². The molecule has 2 heterocycles. The van der Waals surface area contributed by atoms with Crippen molar-refractivity contribution in [3.05, 3.63) is 41.6 Å². The van der Waals surface area contributed by atoms with E-state index in [0.717, 1.165) is 17.3 Å². The molecule has 1 aliphatic rings. The van der Waals surface area contributed by atoms with Crippen molar-refractivity contribution in [2.75, 3.05) is 13.7 Å². The quantitative estimate of drug-likeness (QED) is 0.794. The molecular weight excluding hydrogens is 266 g/mol. The van der Waals surface area contributed by atoms with Crippen molar-refractivity contribution < 1.29 is 14.3 Å². The highest BCUT2D eigenvalue weighted by atomic mass is 16.5. The molecule has 4 heteroatoms. The highest BCUT2D eigenvalue weighted by Gasteiger charge is 2.32. The molecule has 0 saturated carbocycles. The second-order valence-electron chi connectivity index (χ2n) is 6.10. The van der Waals surface area contributed by atoms with E-state index in [1.807, 2.05) is 12.1 Å². The van der Waals surface area contributed by atoms with Gasteiger partial charge in [-0.1, -0.05) is 6.07 Å². The summed E-state index contributed by atoms with van der Waals surface area (Å²) in [6, 6.07) is 7.78. The Labute approximate surface area is 124 Å². The Morgan fingerprint density at radius 1 is 1.38 bits per heavy atom. The SMILES string of the molecule is COC(=O)c1ccnc2ccc(C3COC(C)(C)C3)cc12. The maximum Gasteiger partial charge on any atom is 0.338 e. The lowest BCUT2D eigenvalue weighted by atomic mass is 9.90. The Kier molecular flexibility index (Phi) is 3.41. The van der Waals surface area contributed by atoms with Crippen molar-refractivity contribution in [3.8, 4) is 0 Å². The normalized spacial score (nSPS) is 20.6. The van der Waals surface area contributed by atoms with Crippen LogP contribution in [0.4, 0.5) is 0 Å². The molecule has 4 nitrogen and oxygen atoms in total. The van der Waals surface area contributed by atoms with Gasteiger partial charge in [0.25, 0.3) is 0 Å². The van der Waals surface area contributed by atoms with E-state index in [1.54, 1.807) is 12.3 Å². The smallest absolute Gasteiger partial charge is 0.338 e. The summed E-state index contributed by atoms with van der Waals surface area (Å²) in [4.78, 5) is 16.2. The van der Waals surface area contributed by atoms with Gasteiger partial charge in [-0.15, -0.1) is 0 Å². The van der Waals surface area contributed by atoms with Crippen LogP contribution in [0.25, 0.3) is 10.9 Å². The van der Waals surface area contributed by atoms with Crippen molar-refractivity contribution in [1.82, 2.24) is 4.98 Å². The molecule has 0 N–H and O–H groups in total. The van der Waals surface area contributed by atoms with Crippen LogP contribution < -0.4 is 0 Å². The predicted molar refractivity (Wildman–Crippen MR) is 80.5 cm³/mol. The third kappa shape index (κ3) is 2.63. The van der Waals surface area contributed by atoms with Gasteiger partial charge in [-0.25, -0.2) is 4.79 Å². The molecule has 1 unspecified atom stereocenters. The van der Waals surface area contributed by atoms with Crippen LogP contribution in [0.3, 0.4) is 0 Å². The first-order valence-electron chi connectivity index (χ1n) is 7.11. The lowest BCUT2D eigenvalue weighted by molar-refractivity contribution is 0.0361. The highest BCUT2D eigenvalue weighted by molar-refractivity contribution is 6.03. The molecule has 1 atom stereocenters. The van der Waals surface area contributed by atoms with Crippen molar-refractivity contribution in [2.24, 2.45) is 0 Å². The minimum absolute atomic E-state index is 0.0836. The third-order valence-electron chi connectivity index (χ3n) is 4.06. The van der Waals surface area contributed by atoms with Gasteiger partial charge < -0.3 is 9.47 Å². The molecule has 1 aliphatic heterocycles. The number of aromatic nitrogens is 1. The van der Waals surface area contributed by atoms with Crippen LogP contribution in [0.1, 0.15) is 42.1 Å². The average Bonchev–Trinajstić information content (AvgIpc) is 2.85. The van der Waals surface area contributed by atoms with Crippen molar-refractivity contribution in [1.29, 1.82) is 0 Å². The zero-order valence-electron chi connectivity index (χ0n) is 12.6. The molecule has 0 spiro atoms. The number of benzene rings is 1. The Morgan fingerprint density at radius 3 is 2.86 bits per heavy atom. The van der Waals surface area contributed by atoms with Gasteiger partial charge in [0.05, 0.1) is 30.4 Å². The Morgan fingerprint density at radius 2 is 2.19 bits per heavy atom. The molecular formula is C17H19NO3. The molecule has 3 rings (SSSR count). The fourth-order valence-electron chi connectivity index (χ4n) is 2.96. The number of carbonyl (C=O) groups is 1. The predicted octanol–water partition coefficient (Wildman–Crippen LogP) is 3.30. The standard InChI is InChI=1S/C17H19NO3/c1-17(2)9-12(10-21-17)11-4-5-15-14(8-11)13(6-7-18-15)16(19)20-3/h4-8,12H,9-10H2,1-3H3. The van der Waals surface area contributed by atoms with E-state index in [0.29, 0.717) is 18.1 Å². The molecule has 0 bridgehead atoms. The molecule has 2 aromatic rings. The van der Waals surface area contributed by atoms with Crippen LogP contribution in [-0.4, -0.2) is 30.3 Å². The van der Waals surface area contributed by atoms with Crippen molar-refractivity contribution >= 4 is 16.9 Å². The van der Waals surface area contributed by atoms with E-state index >= 15 is 0 Å². The lowest BCUT2D eigenvalue weighted by Gasteiger charge is -2.16. The van der Waals surface area contributed by atoms with Crippen LogP contribution in [0.2, 0.25) is 0 Å². The lowest BCUT2D eigenvalue weighted by Crippen LogP contribution is -2.16. The molecule has 1 saturated heterocycles. The Balaban J connectivity index is 2.05. The van der Waals surface area contributed by atoms with Crippen molar-refractivity contribution in [2.45, 2.75) is 31.8 Å². The van der Waals surface area contributed by atoms with E-state index in [-0.39, 0.29) is 11.6 Å². The number of carbonyl (C=O) groups excluding carboxylic acids is 1. The summed E-state index contributed by atoms with van der Waals surface area (Å²) in [5, 5.41) is 0.839. The summed E-state index contributed by atoms with van der Waals surface area (Å²) in [7, 11) is 1.39. The van der Waals surface area contributed by atoms with Gasteiger partial charge in [-0.3, -0.25) is 4.98 Å². The number of ether oxygens (including phenoxy) is 2. The number of esters is 1. The van der Waals surface area contributed by atoms with E-state index in [9.17, 15) is 4.79 Å². The van der Waals surface area contributed by atoms with Gasteiger partial charge in [-0.2, -0.15) is 0 Å². The summed E-state index contributed by atoms with van der Waals surface area (Å²) in [5.74, 6) is 0.0256. The molecule has 21 heavy (non-hydrogen) atoms. The second-order valence-corrected chi connectivity index (χ2v) is 6.10. The van der Waals surface area contributed by atoms with Crippen LogP contribution in [0.15, 0.2) is 30.5 Å². The van der Waals surface area contributed by atoms with Gasteiger partial charge in [0.15, 0.2) is 0 Å². The zero-order valence-corrected chi connectivity index (χ0v) is 12.6. The van der Waals surface area contributed by atoms with Gasteiger partial charge in [-0.05, 0) is 44.0 Å². The van der Waals surface area contributed by atoms with E-state index in [1.165, 1.54) is 12.7 Å². The molecule has 1 aromatic heterocycles. The third-order valence-corrected chi connectivity index (χ3v) is 4.06. The van der Waals surface area contributed by atoms with Gasteiger partial charge in [0, 0.05) is 17.5 Å². The number of nitrogens with zero attached hydrogens (tertiary/aromatic N) is 1. The summed E-state index contributed by atoms with van der Waals surface area (Å²) in [6.45, 7) is 4.93. The first kappa shape index (κ1) is 14.0. The number of hydrogen-bond acceptors (Lipinski definition) is 4. The Bertz CT molecular complexity index is 693. The molecule has 1 fully saturated rings. The van der Waals surface area contributed by atoms with Crippen LogP contribution >= 0.6 is 0 Å². The number of methoxy groups -OCH3 is 1. The van der Waals surface area contributed by atoms with Crippen LogP contribution in [0.5, 0.6) is 0 Å². The Hall–Kier alpha value is -1.94. The highest BCUT2D eigenvalue weighted by Crippen LogP contribution is 2.37. The largest absolute Gasteiger partial charge is 0.465 e. The summed E-state index contributed by atoms with van der Waals surface area (Å²) < 4.78 is 10.7. The molecule has 1 aromatic carbocycles. The second kappa shape index (κ2) is 5.11. The van der Waals surface area contributed by atoms with E-state index < -0.39 is 0 Å². The maximum atomic E-state index is 11.9. The summed E-state index contributed by atoms with van der Waals surface area (Å²) >= 11 is 0. The number of rotatable bonds is 2. The first-order valence-corrected chi connectivity index (χ1v) is 7.11. The molecule has 110 valence electrons. The topological polar surface area (TPSA) is 48.4 Å². The van der Waals surface area contributed by atoms with Crippen LogP contribution in [-0.2, 0) is 9.47 Å². The minimum Gasteiger partial charge on any atom is -0.465 e. The maximum absolute atomic E-state index is 11.9. The van der Waals surface area contributed by atoms with Crippen LogP contribution in [0, 0.1) is 0 Å². The number of pyridine rings is 1. The fraction of sp³-hybridized carbons (Fsp3) is 0.412. The number of hydrogen-bond donors (Lipinski definition) is 0. The molecule has 0 amide bonds. The number of fused-ring (bicyclic) bond motifs is 1. The first-order chi connectivity index (χ1) is 10.00. The monoisotopic (exact) mass is 285 g/mol. The minimum atomic E-state index is -0.331. The van der Waals surface area contributed by atoms with Gasteiger partial charge in [0.1, 0.15) is 0 Å². The average molecular weight is 285 g/mol. The van der Waals surface area contributed by atoms with Crippen molar-refractivity contribution in [3.63, 3.8) is 0 Å². The summed E-state index contributed by atoms with van der Waals surface area (Å²) in [5.41, 5.74) is 2.47. The van der Waals surface area contributed by atoms with E-state index in [4.69, 9.17) is 9.47 Å². The van der Waals surface area contributed by atoms with E-state index in [2.05, 4.69) is 24.9 Å². The zero-order chi connectivity index (χ0) is 15.0. The van der Waals surface area contributed by atoms with Gasteiger partial charge >= 0.3 is 5.97 Å². The summed E-state index contributed by atoms with van der Waals surface area (Å²) in [6.07, 6.45) is 2.61. The molecule has 0 aliphatic carbocycles. The molecule has 0 radical (unpaired) electrons. The fourth-order valence-corrected chi connectivity index (χ4v) is 2.96.